The molecule has 0 aliphatic carbocycles. The van der Waals surface area contributed by atoms with Crippen LogP contribution in [0.2, 0.25) is 0 Å². The Morgan fingerprint density at radius 1 is 1.00 bits per heavy atom. The molecule has 0 saturated carbocycles. The molecule has 1 aliphatic heterocycles. The van der Waals surface area contributed by atoms with Crippen LogP contribution in [0.5, 0.6) is 0 Å². The number of nitrogens with two attached hydrogens (primary N) is 1. The first kappa shape index (κ1) is 26.2. The molecule has 1 heterocycles. The molecule has 0 bridgehead atoms. The fourth-order valence-corrected chi connectivity index (χ4v) is 3.11. The van der Waals surface area contributed by atoms with Gasteiger partial charge in [-0.05, 0) is 25.8 Å². The smallest absolute Gasteiger partial charge is 0.326 e. The first-order chi connectivity index (χ1) is 14.5. The van der Waals surface area contributed by atoms with E-state index in [-0.39, 0.29) is 12.2 Å². The molecule has 0 aromatic heterocycles. The minimum atomic E-state index is -1.49. The molecule has 0 spiro atoms. The number of hydrogen-bond acceptors (Lipinski definition) is 8. The monoisotopic (exact) mass is 461 g/mol. The van der Waals surface area contributed by atoms with Crippen LogP contribution in [0.1, 0.15) is 32.1 Å². The maximum absolute atomic E-state index is 12.6. The van der Waals surface area contributed by atoms with Crippen LogP contribution in [0.15, 0.2) is 0 Å². The maximum atomic E-state index is 12.6. The number of carbonyl (C=O) groups excluding carboxylic acids is 4. The van der Waals surface area contributed by atoms with E-state index in [4.69, 9.17) is 15.9 Å². The molecular formula is C17H27N5O8S. The molecule has 4 amide bonds. The molecule has 1 fully saturated rings. The number of carboxylic acid groups (broad SMARTS) is 2. The summed E-state index contributed by atoms with van der Waals surface area (Å²) in [5.41, 5.74) is 5.15. The lowest BCUT2D eigenvalue weighted by molar-refractivity contribution is -0.143. The van der Waals surface area contributed by atoms with Gasteiger partial charge in [-0.1, -0.05) is 0 Å². The summed E-state index contributed by atoms with van der Waals surface area (Å²) in [7, 11) is 0. The lowest BCUT2D eigenvalue weighted by atomic mass is 10.1. The quantitative estimate of drug-likeness (QED) is 0.130. The van der Waals surface area contributed by atoms with E-state index >= 15 is 0 Å². The lowest BCUT2D eigenvalue weighted by Crippen LogP contribution is -2.58. The Kier molecular flexibility index (Phi) is 10.8. The van der Waals surface area contributed by atoms with Crippen LogP contribution in [0.25, 0.3) is 0 Å². The van der Waals surface area contributed by atoms with Crippen molar-refractivity contribution in [3.05, 3.63) is 0 Å². The Labute approximate surface area is 183 Å². The van der Waals surface area contributed by atoms with E-state index in [9.17, 15) is 28.8 Å². The molecule has 0 aromatic rings. The van der Waals surface area contributed by atoms with Gasteiger partial charge in [-0.15, -0.1) is 0 Å². The predicted octanol–water partition coefficient (Wildman–Crippen LogP) is -3.05. The second kappa shape index (κ2) is 12.7. The van der Waals surface area contributed by atoms with E-state index in [1.54, 1.807) is 0 Å². The van der Waals surface area contributed by atoms with Crippen molar-refractivity contribution in [2.45, 2.75) is 56.3 Å². The molecule has 1 rings (SSSR count). The normalized spacial score (nSPS) is 18.3. The van der Waals surface area contributed by atoms with Crippen LogP contribution in [0.3, 0.4) is 0 Å². The van der Waals surface area contributed by atoms with Crippen LogP contribution in [-0.4, -0.2) is 82.2 Å². The average Bonchev–Trinajstić information content (AvgIpc) is 3.22. The Morgan fingerprint density at radius 2 is 1.61 bits per heavy atom. The summed E-state index contributed by atoms with van der Waals surface area (Å²) in [6.45, 7) is 0.638. The van der Waals surface area contributed by atoms with E-state index in [0.717, 1.165) is 6.42 Å². The van der Waals surface area contributed by atoms with Gasteiger partial charge in [0.15, 0.2) is 0 Å². The summed E-state index contributed by atoms with van der Waals surface area (Å²) in [6, 6.07) is -4.65. The van der Waals surface area contributed by atoms with Crippen LogP contribution in [0, 0.1) is 0 Å². The van der Waals surface area contributed by atoms with Crippen LogP contribution >= 0.6 is 12.6 Å². The van der Waals surface area contributed by atoms with Crippen molar-refractivity contribution in [1.29, 1.82) is 0 Å². The van der Waals surface area contributed by atoms with Crippen LogP contribution < -0.4 is 27.0 Å². The van der Waals surface area contributed by atoms with Gasteiger partial charge >= 0.3 is 11.9 Å². The Bertz CT molecular complexity index is 713. The Hall–Kier alpha value is -2.87. The number of rotatable bonds is 13. The molecule has 8 N–H and O–H groups in total. The van der Waals surface area contributed by atoms with Crippen molar-refractivity contribution >= 4 is 48.2 Å². The molecule has 4 atom stereocenters. The standard InChI is InChI=1S/C17H27N5O8S/c18-12(23)6-10(21-14(26)8-2-1-5-19-8)15(27)22-11(7-31)16(28)20-9(17(29)30)3-4-13(24)25/h8-11,19,31H,1-7H2,(H2,18,23)(H,20,28)(H,21,26)(H,22,27)(H,24,25)(H,29,30). The minimum Gasteiger partial charge on any atom is -0.481 e. The van der Waals surface area contributed by atoms with E-state index in [1.165, 1.54) is 0 Å². The number of carbonyl (C=O) groups is 6. The molecule has 0 radical (unpaired) electrons. The zero-order valence-corrected chi connectivity index (χ0v) is 17.5. The summed E-state index contributed by atoms with van der Waals surface area (Å²) >= 11 is 3.96. The van der Waals surface area contributed by atoms with Gasteiger partial charge in [0, 0.05) is 12.2 Å². The molecular weight excluding hydrogens is 434 g/mol. The Morgan fingerprint density at radius 3 is 2.10 bits per heavy atom. The summed E-state index contributed by atoms with van der Waals surface area (Å²) in [5, 5.41) is 27.6. The largest absolute Gasteiger partial charge is 0.481 e. The van der Waals surface area contributed by atoms with Crippen LogP contribution in [-0.2, 0) is 28.8 Å². The van der Waals surface area contributed by atoms with Gasteiger partial charge < -0.3 is 37.2 Å². The van der Waals surface area contributed by atoms with Crippen molar-refractivity contribution in [2.75, 3.05) is 12.3 Å². The molecule has 13 nitrogen and oxygen atoms in total. The first-order valence-corrected chi connectivity index (χ1v) is 10.2. The highest BCUT2D eigenvalue weighted by atomic mass is 32.1. The third-order valence-corrected chi connectivity index (χ3v) is 4.86. The number of aliphatic carboxylic acids is 2. The molecule has 0 aromatic carbocycles. The lowest BCUT2D eigenvalue weighted by Gasteiger charge is -2.24. The molecule has 174 valence electrons. The molecule has 1 aliphatic rings. The van der Waals surface area contributed by atoms with E-state index < -0.39 is 72.6 Å². The van der Waals surface area contributed by atoms with Gasteiger partial charge in [0.25, 0.3) is 0 Å². The summed E-state index contributed by atoms with van der Waals surface area (Å²) in [6.07, 6.45) is -0.0261. The van der Waals surface area contributed by atoms with Crippen molar-refractivity contribution in [2.24, 2.45) is 5.73 Å². The fourth-order valence-electron chi connectivity index (χ4n) is 2.86. The van der Waals surface area contributed by atoms with E-state index in [2.05, 4.69) is 33.9 Å². The molecule has 1 saturated heterocycles. The first-order valence-electron chi connectivity index (χ1n) is 9.53. The summed E-state index contributed by atoms with van der Waals surface area (Å²) in [5.74, 6) is -6.05. The SMILES string of the molecule is NC(=O)CC(NC(=O)C1CCCN1)C(=O)NC(CS)C(=O)NC(CCC(=O)O)C(=O)O. The number of carboxylic acids is 2. The Balaban J connectivity index is 2.78. The minimum absolute atomic E-state index is 0.232. The van der Waals surface area contributed by atoms with Gasteiger partial charge in [0.2, 0.25) is 23.6 Å². The van der Waals surface area contributed by atoms with Crippen molar-refractivity contribution < 1.29 is 39.0 Å². The average molecular weight is 461 g/mol. The number of nitrogens with one attached hydrogen (secondary N) is 4. The van der Waals surface area contributed by atoms with Crippen molar-refractivity contribution in [3.63, 3.8) is 0 Å². The number of thiol groups is 1. The predicted molar refractivity (Wildman–Crippen MR) is 109 cm³/mol. The zero-order chi connectivity index (χ0) is 23.6. The van der Waals surface area contributed by atoms with Crippen molar-refractivity contribution in [1.82, 2.24) is 21.3 Å². The van der Waals surface area contributed by atoms with Crippen LogP contribution in [0.4, 0.5) is 0 Å². The third-order valence-electron chi connectivity index (χ3n) is 4.49. The summed E-state index contributed by atoms with van der Waals surface area (Å²) in [4.78, 5) is 70.4. The van der Waals surface area contributed by atoms with E-state index in [1.807, 2.05) is 0 Å². The molecule has 4 unspecified atom stereocenters. The van der Waals surface area contributed by atoms with Gasteiger partial charge in [0.05, 0.1) is 12.5 Å². The van der Waals surface area contributed by atoms with Crippen molar-refractivity contribution in [3.8, 4) is 0 Å². The van der Waals surface area contributed by atoms with Gasteiger partial charge in [-0.2, -0.15) is 12.6 Å². The zero-order valence-electron chi connectivity index (χ0n) is 16.6. The topological polar surface area (TPSA) is 217 Å². The third kappa shape index (κ3) is 9.21. The van der Waals surface area contributed by atoms with Gasteiger partial charge in [-0.3, -0.25) is 24.0 Å². The molecule has 31 heavy (non-hydrogen) atoms. The second-order valence-corrected chi connectivity index (χ2v) is 7.32. The highest BCUT2D eigenvalue weighted by Gasteiger charge is 2.31. The number of amides is 4. The summed E-state index contributed by atoms with van der Waals surface area (Å²) < 4.78 is 0. The van der Waals surface area contributed by atoms with Gasteiger partial charge in [0.1, 0.15) is 18.1 Å². The van der Waals surface area contributed by atoms with E-state index in [0.29, 0.717) is 13.0 Å². The second-order valence-electron chi connectivity index (χ2n) is 6.96. The number of primary amides is 1. The number of hydrogen-bond donors (Lipinski definition) is 8. The highest BCUT2D eigenvalue weighted by molar-refractivity contribution is 7.80. The maximum Gasteiger partial charge on any atom is 0.326 e. The molecule has 14 heteroatoms. The van der Waals surface area contributed by atoms with Gasteiger partial charge in [-0.25, -0.2) is 4.79 Å². The highest BCUT2D eigenvalue weighted by Crippen LogP contribution is 2.06. The fraction of sp³-hybridized carbons (Fsp3) is 0.647.